The summed E-state index contributed by atoms with van der Waals surface area (Å²) < 4.78 is 1.99. The van der Waals surface area contributed by atoms with E-state index in [2.05, 4.69) is 53.4 Å². The SMILES string of the molecule is Cc1c(NC(=O)c2ccc(C(C)(C)C)cc2)cccc1-c1cc(Nc2cccc(N3CCC(O)C3)n2)c2nccn2c1. The van der Waals surface area contributed by atoms with E-state index in [9.17, 15) is 9.90 Å². The predicted octanol–water partition coefficient (Wildman–Crippen LogP) is 6.57. The first-order valence-corrected chi connectivity index (χ1v) is 14.3. The van der Waals surface area contributed by atoms with Crippen molar-refractivity contribution in [1.29, 1.82) is 0 Å². The first-order valence-electron chi connectivity index (χ1n) is 14.3. The zero-order chi connectivity index (χ0) is 29.4. The molecule has 1 aliphatic heterocycles. The van der Waals surface area contributed by atoms with Gasteiger partial charge in [-0.15, -0.1) is 0 Å². The molecule has 1 atom stereocenters. The smallest absolute Gasteiger partial charge is 0.255 e. The van der Waals surface area contributed by atoms with E-state index in [0.29, 0.717) is 17.9 Å². The highest BCUT2D eigenvalue weighted by molar-refractivity contribution is 6.05. The van der Waals surface area contributed by atoms with Crippen LogP contribution >= 0.6 is 0 Å². The first kappa shape index (κ1) is 27.5. The van der Waals surface area contributed by atoms with Crippen LogP contribution in [0.2, 0.25) is 0 Å². The summed E-state index contributed by atoms with van der Waals surface area (Å²) in [5, 5.41) is 16.5. The fourth-order valence-corrected chi connectivity index (χ4v) is 5.43. The second-order valence-corrected chi connectivity index (χ2v) is 12.0. The average Bonchev–Trinajstić information content (AvgIpc) is 3.63. The summed E-state index contributed by atoms with van der Waals surface area (Å²) in [5.74, 6) is 1.39. The summed E-state index contributed by atoms with van der Waals surface area (Å²) in [7, 11) is 0. The predicted molar refractivity (Wildman–Crippen MR) is 169 cm³/mol. The summed E-state index contributed by atoms with van der Waals surface area (Å²) >= 11 is 0. The maximum atomic E-state index is 13.2. The number of aliphatic hydroxyl groups is 1. The quantitative estimate of drug-likeness (QED) is 0.218. The molecule has 3 aromatic heterocycles. The minimum atomic E-state index is -0.317. The van der Waals surface area contributed by atoms with E-state index >= 15 is 0 Å². The van der Waals surface area contributed by atoms with Crippen LogP contribution in [0.5, 0.6) is 0 Å². The number of pyridine rings is 2. The number of nitrogens with one attached hydrogen (secondary N) is 2. The van der Waals surface area contributed by atoms with E-state index in [0.717, 1.165) is 52.5 Å². The topological polar surface area (TPSA) is 94.8 Å². The lowest BCUT2D eigenvalue weighted by atomic mass is 9.86. The van der Waals surface area contributed by atoms with Gasteiger partial charge >= 0.3 is 0 Å². The number of imidazole rings is 1. The molecular weight excluding hydrogens is 524 g/mol. The summed E-state index contributed by atoms with van der Waals surface area (Å²) in [4.78, 5) is 24.6. The van der Waals surface area contributed by atoms with Crippen LogP contribution < -0.4 is 15.5 Å². The van der Waals surface area contributed by atoms with Crippen LogP contribution in [0.4, 0.5) is 23.0 Å². The molecule has 0 radical (unpaired) electrons. The Kier molecular flexibility index (Phi) is 7.16. The lowest BCUT2D eigenvalue weighted by Crippen LogP contribution is -2.22. The summed E-state index contributed by atoms with van der Waals surface area (Å²) in [6, 6.07) is 21.7. The van der Waals surface area contributed by atoms with Crippen molar-refractivity contribution >= 4 is 34.6 Å². The molecular formula is C34H36N6O2. The van der Waals surface area contributed by atoms with Crippen molar-refractivity contribution in [1.82, 2.24) is 14.4 Å². The van der Waals surface area contributed by atoms with Crippen LogP contribution in [0.25, 0.3) is 16.8 Å². The Morgan fingerprint density at radius 3 is 2.55 bits per heavy atom. The van der Waals surface area contributed by atoms with Gasteiger partial charge in [0.15, 0.2) is 5.65 Å². The Balaban J connectivity index is 1.28. The third-order valence-electron chi connectivity index (χ3n) is 7.88. The van der Waals surface area contributed by atoms with E-state index < -0.39 is 0 Å². The van der Waals surface area contributed by atoms with Crippen molar-refractivity contribution in [3.8, 4) is 11.1 Å². The van der Waals surface area contributed by atoms with Gasteiger partial charge in [-0.05, 0) is 71.8 Å². The molecule has 3 N–H and O–H groups in total. The molecule has 0 aliphatic carbocycles. The maximum absolute atomic E-state index is 13.2. The lowest BCUT2D eigenvalue weighted by Gasteiger charge is -2.19. The van der Waals surface area contributed by atoms with Crippen LogP contribution in [0.3, 0.4) is 0 Å². The number of hydrogen-bond donors (Lipinski definition) is 3. The number of rotatable bonds is 6. The number of benzene rings is 2. The second kappa shape index (κ2) is 10.9. The lowest BCUT2D eigenvalue weighted by molar-refractivity contribution is 0.102. The molecule has 0 bridgehead atoms. The number of carbonyl (C=O) groups is 1. The van der Waals surface area contributed by atoms with Gasteiger partial charge in [0.1, 0.15) is 11.6 Å². The number of aliphatic hydroxyl groups excluding tert-OH is 1. The van der Waals surface area contributed by atoms with Gasteiger partial charge < -0.3 is 25.0 Å². The Labute approximate surface area is 246 Å². The molecule has 1 saturated heterocycles. The molecule has 214 valence electrons. The van der Waals surface area contributed by atoms with Gasteiger partial charge in [-0.1, -0.05) is 51.1 Å². The summed E-state index contributed by atoms with van der Waals surface area (Å²) in [6.45, 7) is 9.87. The van der Waals surface area contributed by atoms with Gasteiger partial charge in [-0.2, -0.15) is 0 Å². The van der Waals surface area contributed by atoms with Gasteiger partial charge in [-0.3, -0.25) is 4.79 Å². The molecule has 1 unspecified atom stereocenters. The summed E-state index contributed by atoms with van der Waals surface area (Å²) in [6.07, 6.45) is 6.17. The fraction of sp³-hybridized carbons (Fsp3) is 0.265. The largest absolute Gasteiger partial charge is 0.391 e. The second-order valence-electron chi connectivity index (χ2n) is 12.0. The van der Waals surface area contributed by atoms with Gasteiger partial charge in [0, 0.05) is 48.5 Å². The Morgan fingerprint density at radius 2 is 1.81 bits per heavy atom. The molecule has 1 fully saturated rings. The standard InChI is InChI=1S/C34H36N6O2/c1-22-27(7-5-8-28(22)37-33(42)23-11-13-25(14-12-23)34(2,3)4)24-19-29(32-35-16-18-40(32)20-24)36-30-9-6-10-31(38-30)39-17-15-26(41)21-39/h5-14,16,18-20,26,41H,15,17,21H2,1-4H3,(H,36,38)(H,37,42). The highest BCUT2D eigenvalue weighted by Crippen LogP contribution is 2.33. The average molecular weight is 561 g/mol. The maximum Gasteiger partial charge on any atom is 0.255 e. The third-order valence-corrected chi connectivity index (χ3v) is 7.88. The third kappa shape index (κ3) is 5.58. The molecule has 2 aromatic carbocycles. The van der Waals surface area contributed by atoms with Crippen molar-refractivity contribution < 1.29 is 9.90 Å². The van der Waals surface area contributed by atoms with Crippen molar-refractivity contribution in [2.24, 2.45) is 0 Å². The normalized spacial score (nSPS) is 15.3. The fourth-order valence-electron chi connectivity index (χ4n) is 5.43. The van der Waals surface area contributed by atoms with E-state index in [1.807, 2.05) is 78.3 Å². The minimum absolute atomic E-state index is 0.0281. The molecule has 1 aliphatic rings. The Morgan fingerprint density at radius 1 is 1.02 bits per heavy atom. The van der Waals surface area contributed by atoms with E-state index in [1.54, 1.807) is 6.20 Å². The molecule has 42 heavy (non-hydrogen) atoms. The minimum Gasteiger partial charge on any atom is -0.391 e. The number of carbonyl (C=O) groups excluding carboxylic acids is 1. The monoisotopic (exact) mass is 560 g/mol. The number of anilines is 4. The van der Waals surface area contributed by atoms with Crippen LogP contribution in [-0.4, -0.2) is 44.6 Å². The van der Waals surface area contributed by atoms with Gasteiger partial charge in [0.05, 0.1) is 11.8 Å². The van der Waals surface area contributed by atoms with Crippen LogP contribution in [-0.2, 0) is 5.41 Å². The molecule has 5 aromatic rings. The zero-order valence-corrected chi connectivity index (χ0v) is 24.4. The van der Waals surface area contributed by atoms with E-state index in [4.69, 9.17) is 4.98 Å². The Hall–Kier alpha value is -4.69. The highest BCUT2D eigenvalue weighted by Gasteiger charge is 2.22. The molecule has 8 heteroatoms. The van der Waals surface area contributed by atoms with Gasteiger partial charge in [0.2, 0.25) is 0 Å². The summed E-state index contributed by atoms with van der Waals surface area (Å²) in [5.41, 5.74) is 7.15. The van der Waals surface area contributed by atoms with Crippen LogP contribution in [0.15, 0.2) is 85.3 Å². The zero-order valence-electron chi connectivity index (χ0n) is 24.4. The Bertz CT molecular complexity index is 1750. The molecule has 0 spiro atoms. The number of amides is 1. The van der Waals surface area contributed by atoms with Crippen molar-refractivity contribution in [3.63, 3.8) is 0 Å². The van der Waals surface area contributed by atoms with E-state index in [-0.39, 0.29) is 17.4 Å². The molecule has 0 saturated carbocycles. The first-order chi connectivity index (χ1) is 20.2. The van der Waals surface area contributed by atoms with Gasteiger partial charge in [-0.25, -0.2) is 9.97 Å². The molecule has 1 amide bonds. The van der Waals surface area contributed by atoms with Crippen molar-refractivity contribution in [2.45, 2.75) is 45.6 Å². The highest BCUT2D eigenvalue weighted by atomic mass is 16.3. The van der Waals surface area contributed by atoms with Gasteiger partial charge in [0.25, 0.3) is 5.91 Å². The van der Waals surface area contributed by atoms with Crippen LogP contribution in [0.1, 0.15) is 48.7 Å². The van der Waals surface area contributed by atoms with Crippen molar-refractivity contribution in [2.75, 3.05) is 28.6 Å². The van der Waals surface area contributed by atoms with E-state index in [1.165, 1.54) is 5.56 Å². The molecule has 4 heterocycles. The molecule has 6 rings (SSSR count). The van der Waals surface area contributed by atoms with Crippen LogP contribution in [0, 0.1) is 6.92 Å². The van der Waals surface area contributed by atoms with Crippen molar-refractivity contribution in [3.05, 3.63) is 102 Å². The number of fused-ring (bicyclic) bond motifs is 1. The molecule has 8 nitrogen and oxygen atoms in total. The number of aromatic nitrogens is 3. The number of hydrogen-bond acceptors (Lipinski definition) is 6. The number of β-amino-alcohol motifs (C(OH)–C–C–N with tert-alkyl or cyclic N) is 1. The number of nitrogens with zero attached hydrogens (tertiary/aromatic N) is 4.